The van der Waals surface area contributed by atoms with Crippen molar-refractivity contribution in [3.63, 3.8) is 0 Å². The molecule has 0 aliphatic heterocycles. The molecule has 0 saturated heterocycles. The van der Waals surface area contributed by atoms with E-state index in [0.29, 0.717) is 10.6 Å². The quantitative estimate of drug-likeness (QED) is 0.681. The SMILES string of the molecule is Cc1c(Cl)cc(Br)cc1C=O. The summed E-state index contributed by atoms with van der Waals surface area (Å²) in [5.41, 5.74) is 1.45. The molecule has 0 aliphatic rings. The lowest BCUT2D eigenvalue weighted by Crippen LogP contribution is -1.86. The molecule has 1 aromatic rings. The summed E-state index contributed by atoms with van der Waals surface area (Å²) in [6.45, 7) is 1.82. The predicted molar refractivity (Wildman–Crippen MR) is 49.3 cm³/mol. The van der Waals surface area contributed by atoms with Gasteiger partial charge in [0.15, 0.2) is 0 Å². The normalized spacial score (nSPS) is 9.73. The van der Waals surface area contributed by atoms with Crippen LogP contribution in [0, 0.1) is 6.92 Å². The first-order valence-electron chi connectivity index (χ1n) is 3.06. The van der Waals surface area contributed by atoms with Gasteiger partial charge in [-0.25, -0.2) is 0 Å². The highest BCUT2D eigenvalue weighted by molar-refractivity contribution is 9.10. The molecule has 0 spiro atoms. The second kappa shape index (κ2) is 3.37. The van der Waals surface area contributed by atoms with Gasteiger partial charge in [-0.05, 0) is 24.6 Å². The molecule has 0 atom stereocenters. The van der Waals surface area contributed by atoms with E-state index in [0.717, 1.165) is 16.3 Å². The van der Waals surface area contributed by atoms with E-state index in [1.165, 1.54) is 0 Å². The number of hydrogen-bond acceptors (Lipinski definition) is 1. The lowest BCUT2D eigenvalue weighted by molar-refractivity contribution is 0.112. The molecular formula is C8H6BrClO. The number of benzene rings is 1. The van der Waals surface area contributed by atoms with Gasteiger partial charge in [-0.3, -0.25) is 4.79 Å². The maximum absolute atomic E-state index is 10.5. The van der Waals surface area contributed by atoms with Gasteiger partial charge in [-0.2, -0.15) is 0 Å². The highest BCUT2D eigenvalue weighted by Gasteiger charge is 2.02. The van der Waals surface area contributed by atoms with Crippen LogP contribution in [0.5, 0.6) is 0 Å². The Morgan fingerprint density at radius 2 is 2.18 bits per heavy atom. The zero-order valence-corrected chi connectivity index (χ0v) is 8.24. The Bertz CT molecular complexity index is 296. The summed E-state index contributed by atoms with van der Waals surface area (Å²) >= 11 is 9.05. The molecule has 0 aromatic heterocycles. The highest BCUT2D eigenvalue weighted by Crippen LogP contribution is 2.23. The van der Waals surface area contributed by atoms with E-state index in [2.05, 4.69) is 15.9 Å². The van der Waals surface area contributed by atoms with E-state index >= 15 is 0 Å². The van der Waals surface area contributed by atoms with Crippen LogP contribution in [-0.4, -0.2) is 6.29 Å². The fourth-order valence-corrected chi connectivity index (χ4v) is 1.62. The molecule has 0 heterocycles. The fraction of sp³-hybridized carbons (Fsp3) is 0.125. The fourth-order valence-electron chi connectivity index (χ4n) is 0.788. The smallest absolute Gasteiger partial charge is 0.150 e. The minimum absolute atomic E-state index is 0.612. The van der Waals surface area contributed by atoms with Crippen molar-refractivity contribution < 1.29 is 4.79 Å². The Hall–Kier alpha value is -0.340. The molecule has 1 rings (SSSR count). The molecule has 0 unspecified atom stereocenters. The van der Waals surface area contributed by atoms with Crippen molar-refractivity contribution in [1.82, 2.24) is 0 Å². The molecule has 0 amide bonds. The van der Waals surface area contributed by atoms with Gasteiger partial charge in [0.25, 0.3) is 0 Å². The first-order chi connectivity index (χ1) is 5.15. The third-order valence-electron chi connectivity index (χ3n) is 1.48. The van der Waals surface area contributed by atoms with Crippen LogP contribution < -0.4 is 0 Å². The summed E-state index contributed by atoms with van der Waals surface area (Å²) in [5.74, 6) is 0. The summed E-state index contributed by atoms with van der Waals surface area (Å²) in [5, 5.41) is 0.612. The molecule has 0 bridgehead atoms. The molecule has 1 nitrogen and oxygen atoms in total. The van der Waals surface area contributed by atoms with Crippen LogP contribution in [0.15, 0.2) is 16.6 Å². The van der Waals surface area contributed by atoms with Gasteiger partial charge in [-0.15, -0.1) is 0 Å². The topological polar surface area (TPSA) is 17.1 Å². The lowest BCUT2D eigenvalue weighted by Gasteiger charge is -2.01. The minimum atomic E-state index is 0.612. The number of hydrogen-bond donors (Lipinski definition) is 0. The Kier molecular flexibility index (Phi) is 2.68. The van der Waals surface area contributed by atoms with Gasteiger partial charge >= 0.3 is 0 Å². The Balaban J connectivity index is 3.35. The Morgan fingerprint density at radius 3 is 2.73 bits per heavy atom. The molecular weight excluding hydrogens is 227 g/mol. The summed E-state index contributed by atoms with van der Waals surface area (Å²) < 4.78 is 0.829. The summed E-state index contributed by atoms with van der Waals surface area (Å²) in [6.07, 6.45) is 0.798. The molecule has 3 heteroatoms. The molecule has 0 aliphatic carbocycles. The van der Waals surface area contributed by atoms with Crippen LogP contribution in [0.1, 0.15) is 15.9 Å². The maximum Gasteiger partial charge on any atom is 0.150 e. The van der Waals surface area contributed by atoms with Crippen molar-refractivity contribution in [2.24, 2.45) is 0 Å². The van der Waals surface area contributed by atoms with E-state index in [4.69, 9.17) is 11.6 Å². The number of rotatable bonds is 1. The predicted octanol–water partition coefficient (Wildman–Crippen LogP) is 3.22. The zero-order valence-electron chi connectivity index (χ0n) is 5.90. The van der Waals surface area contributed by atoms with Crippen LogP contribution in [0.4, 0.5) is 0 Å². The second-order valence-corrected chi connectivity index (χ2v) is 3.54. The first-order valence-corrected chi connectivity index (χ1v) is 4.23. The molecule has 0 fully saturated rings. The standard InChI is InChI=1S/C8H6BrClO/c1-5-6(4-11)2-7(9)3-8(5)10/h2-4H,1H3. The van der Waals surface area contributed by atoms with Gasteiger partial charge < -0.3 is 0 Å². The van der Waals surface area contributed by atoms with Crippen molar-refractivity contribution >= 4 is 33.8 Å². The maximum atomic E-state index is 10.5. The van der Waals surface area contributed by atoms with Crippen LogP contribution in [0.2, 0.25) is 5.02 Å². The second-order valence-electron chi connectivity index (χ2n) is 2.22. The average molecular weight is 233 g/mol. The molecule has 0 saturated carbocycles. The van der Waals surface area contributed by atoms with Gasteiger partial charge in [0.05, 0.1) is 0 Å². The van der Waals surface area contributed by atoms with E-state index in [1.54, 1.807) is 12.1 Å². The van der Waals surface area contributed by atoms with Gasteiger partial charge in [0.2, 0.25) is 0 Å². The minimum Gasteiger partial charge on any atom is -0.298 e. The van der Waals surface area contributed by atoms with Gasteiger partial charge in [0, 0.05) is 15.1 Å². The van der Waals surface area contributed by atoms with Crippen LogP contribution in [0.3, 0.4) is 0 Å². The van der Waals surface area contributed by atoms with Crippen molar-refractivity contribution in [2.45, 2.75) is 6.92 Å². The summed E-state index contributed by atoms with van der Waals surface area (Å²) in [4.78, 5) is 10.5. The Morgan fingerprint density at radius 1 is 1.55 bits per heavy atom. The van der Waals surface area contributed by atoms with Crippen molar-refractivity contribution in [1.29, 1.82) is 0 Å². The largest absolute Gasteiger partial charge is 0.298 e. The third-order valence-corrected chi connectivity index (χ3v) is 2.33. The van der Waals surface area contributed by atoms with Gasteiger partial charge in [-0.1, -0.05) is 27.5 Å². The number of halogens is 2. The van der Waals surface area contributed by atoms with Crippen molar-refractivity contribution in [2.75, 3.05) is 0 Å². The molecule has 58 valence electrons. The number of aldehydes is 1. The molecule has 1 aromatic carbocycles. The van der Waals surface area contributed by atoms with Crippen molar-refractivity contribution in [3.05, 3.63) is 32.8 Å². The Labute approximate surface area is 78.5 Å². The first kappa shape index (κ1) is 8.75. The monoisotopic (exact) mass is 232 g/mol. The molecule has 0 radical (unpaired) electrons. The third kappa shape index (κ3) is 1.82. The van der Waals surface area contributed by atoms with Crippen molar-refractivity contribution in [3.8, 4) is 0 Å². The zero-order chi connectivity index (χ0) is 8.43. The summed E-state index contributed by atoms with van der Waals surface area (Å²) in [6, 6.07) is 3.51. The average Bonchev–Trinajstić information content (AvgIpc) is 1.96. The van der Waals surface area contributed by atoms with Crippen LogP contribution in [-0.2, 0) is 0 Å². The van der Waals surface area contributed by atoms with E-state index in [1.807, 2.05) is 6.92 Å². The molecule has 11 heavy (non-hydrogen) atoms. The van der Waals surface area contributed by atoms with Gasteiger partial charge in [0.1, 0.15) is 6.29 Å². The van der Waals surface area contributed by atoms with Crippen LogP contribution in [0.25, 0.3) is 0 Å². The number of carbonyl (C=O) groups excluding carboxylic acids is 1. The van der Waals surface area contributed by atoms with E-state index in [-0.39, 0.29) is 0 Å². The van der Waals surface area contributed by atoms with E-state index in [9.17, 15) is 4.79 Å². The van der Waals surface area contributed by atoms with E-state index < -0.39 is 0 Å². The lowest BCUT2D eigenvalue weighted by atomic mass is 10.1. The molecule has 0 N–H and O–H groups in total. The number of carbonyl (C=O) groups is 1. The highest BCUT2D eigenvalue weighted by atomic mass is 79.9. The van der Waals surface area contributed by atoms with Crippen LogP contribution >= 0.6 is 27.5 Å². The summed E-state index contributed by atoms with van der Waals surface area (Å²) in [7, 11) is 0.